The lowest BCUT2D eigenvalue weighted by atomic mass is 10.0. The third-order valence-electron chi connectivity index (χ3n) is 7.06. The van der Waals surface area contributed by atoms with Gasteiger partial charge in [0.1, 0.15) is 25.0 Å². The Balaban J connectivity index is 1.39. The van der Waals surface area contributed by atoms with Gasteiger partial charge in [0.25, 0.3) is 0 Å². The van der Waals surface area contributed by atoms with Crippen LogP contribution in [0.2, 0.25) is 0 Å². The van der Waals surface area contributed by atoms with E-state index >= 15 is 0 Å². The summed E-state index contributed by atoms with van der Waals surface area (Å²) < 4.78 is 21.5. The van der Waals surface area contributed by atoms with Crippen LogP contribution in [0.25, 0.3) is 0 Å². The maximum atomic E-state index is 5.90. The number of rotatable bonds is 24. The van der Waals surface area contributed by atoms with Crippen molar-refractivity contribution in [3.05, 3.63) is 54.1 Å². The molecular weight excluding hydrogens is 460 g/mol. The molecule has 0 saturated heterocycles. The normalized spacial score (nSPS) is 12.3. The largest absolute Gasteiger partial charge is 0.379 e. The van der Waals surface area contributed by atoms with Crippen LogP contribution < -0.4 is 4.57 Å². The van der Waals surface area contributed by atoms with Gasteiger partial charge >= 0.3 is 0 Å². The molecule has 1 aromatic heterocycles. The number of methoxy groups -OCH3 is 1. The second-order valence-electron chi connectivity index (χ2n) is 10.6. The fourth-order valence-electron chi connectivity index (χ4n) is 4.65. The van der Waals surface area contributed by atoms with E-state index < -0.39 is 0 Å². The van der Waals surface area contributed by atoms with Gasteiger partial charge in [0.2, 0.25) is 6.33 Å². The van der Waals surface area contributed by atoms with Crippen molar-refractivity contribution in [2.75, 3.05) is 26.9 Å². The molecule has 0 fully saturated rings. The fourth-order valence-corrected chi connectivity index (χ4v) is 4.65. The molecule has 1 unspecified atom stereocenters. The van der Waals surface area contributed by atoms with Gasteiger partial charge in [-0.3, -0.25) is 0 Å². The number of nitrogens with zero attached hydrogens (tertiary/aromatic N) is 2. The molecule has 1 heterocycles. The fraction of sp³-hybridized carbons (Fsp3) is 0.719. The smallest absolute Gasteiger partial charge is 0.243 e. The van der Waals surface area contributed by atoms with Crippen molar-refractivity contribution in [2.45, 2.75) is 116 Å². The molecule has 1 aromatic carbocycles. The summed E-state index contributed by atoms with van der Waals surface area (Å²) >= 11 is 0. The Kier molecular flexibility index (Phi) is 18.1. The molecule has 1 atom stereocenters. The van der Waals surface area contributed by atoms with Crippen molar-refractivity contribution in [3.8, 4) is 0 Å². The molecule has 2 aromatic rings. The van der Waals surface area contributed by atoms with Crippen molar-refractivity contribution in [1.29, 1.82) is 0 Å². The molecule has 210 valence electrons. The van der Waals surface area contributed by atoms with Crippen LogP contribution in [0.15, 0.2) is 43.0 Å². The Bertz CT molecular complexity index is 775. The van der Waals surface area contributed by atoms with E-state index in [0.717, 1.165) is 19.6 Å². The van der Waals surface area contributed by atoms with Gasteiger partial charge in [0.05, 0.1) is 26.9 Å². The SMILES string of the molecule is CCCCCCCCCCCCCCCCOCC(COCc1ccc(Cn2cc[n+](C)c2)cc1)OC. The number of hydrogen-bond donors (Lipinski definition) is 0. The molecule has 0 radical (unpaired) electrons. The molecule has 0 spiro atoms. The average Bonchev–Trinajstić information content (AvgIpc) is 3.32. The maximum Gasteiger partial charge on any atom is 0.243 e. The predicted octanol–water partition coefficient (Wildman–Crippen LogP) is 7.39. The third-order valence-corrected chi connectivity index (χ3v) is 7.06. The molecule has 0 saturated carbocycles. The summed E-state index contributed by atoms with van der Waals surface area (Å²) in [5, 5.41) is 0. The Morgan fingerprint density at radius 3 is 1.81 bits per heavy atom. The van der Waals surface area contributed by atoms with Gasteiger partial charge in [-0.15, -0.1) is 0 Å². The molecular formula is C32H55N2O3+. The van der Waals surface area contributed by atoms with Crippen LogP contribution in [-0.2, 0) is 34.4 Å². The summed E-state index contributed by atoms with van der Waals surface area (Å²) in [6.07, 6.45) is 25.5. The number of ether oxygens (including phenoxy) is 3. The first-order chi connectivity index (χ1) is 18.2. The summed E-state index contributed by atoms with van der Waals surface area (Å²) in [4.78, 5) is 0. The highest BCUT2D eigenvalue weighted by Gasteiger charge is 2.08. The third kappa shape index (κ3) is 16.0. The molecule has 37 heavy (non-hydrogen) atoms. The van der Waals surface area contributed by atoms with Crippen LogP contribution in [0.5, 0.6) is 0 Å². The summed E-state index contributed by atoms with van der Waals surface area (Å²) in [5.41, 5.74) is 2.46. The molecule has 2 rings (SSSR count). The number of benzene rings is 1. The van der Waals surface area contributed by atoms with Gasteiger partial charge in [-0.2, -0.15) is 0 Å². The highest BCUT2D eigenvalue weighted by molar-refractivity contribution is 5.22. The molecule has 0 N–H and O–H groups in total. The lowest BCUT2D eigenvalue weighted by Crippen LogP contribution is -2.24. The summed E-state index contributed by atoms with van der Waals surface area (Å²) in [6.45, 7) is 5.73. The van der Waals surface area contributed by atoms with Gasteiger partial charge in [-0.25, -0.2) is 9.13 Å². The standard InChI is InChI=1S/C32H55N2O3/c1-4-5-6-7-8-9-10-11-12-13-14-15-16-17-24-36-27-32(35-3)28-37-26-31-20-18-30(19-21-31)25-34-23-22-33(2)29-34/h18-23,29,32H,4-17,24-28H2,1-3H3/q+1. The van der Waals surface area contributed by atoms with Crippen LogP contribution in [0.3, 0.4) is 0 Å². The van der Waals surface area contributed by atoms with Gasteiger partial charge in [-0.1, -0.05) is 115 Å². The minimum Gasteiger partial charge on any atom is -0.379 e. The Labute approximate surface area is 227 Å². The van der Waals surface area contributed by atoms with Crippen LogP contribution in [0.1, 0.15) is 108 Å². The van der Waals surface area contributed by atoms with Crippen molar-refractivity contribution in [3.63, 3.8) is 0 Å². The summed E-state index contributed by atoms with van der Waals surface area (Å²) in [5.74, 6) is 0. The topological polar surface area (TPSA) is 36.5 Å². The maximum absolute atomic E-state index is 5.90. The van der Waals surface area contributed by atoms with Gasteiger partial charge in [0.15, 0.2) is 0 Å². The monoisotopic (exact) mass is 515 g/mol. The van der Waals surface area contributed by atoms with Crippen molar-refractivity contribution in [1.82, 2.24) is 4.57 Å². The highest BCUT2D eigenvalue weighted by atomic mass is 16.6. The second kappa shape index (κ2) is 21.3. The van der Waals surface area contributed by atoms with Crippen LogP contribution >= 0.6 is 0 Å². The van der Waals surface area contributed by atoms with E-state index in [4.69, 9.17) is 14.2 Å². The van der Waals surface area contributed by atoms with Crippen LogP contribution in [0, 0.1) is 0 Å². The molecule has 0 bridgehead atoms. The molecule has 5 heteroatoms. The lowest BCUT2D eigenvalue weighted by molar-refractivity contribution is -0.671. The van der Waals surface area contributed by atoms with E-state index in [1.807, 2.05) is 7.05 Å². The molecule has 5 nitrogen and oxygen atoms in total. The quantitative estimate of drug-likeness (QED) is 0.108. The van der Waals surface area contributed by atoms with Crippen LogP contribution in [-0.4, -0.2) is 37.6 Å². The van der Waals surface area contributed by atoms with E-state index in [0.29, 0.717) is 19.8 Å². The summed E-state index contributed by atoms with van der Waals surface area (Å²) in [6, 6.07) is 8.64. The van der Waals surface area contributed by atoms with Gasteiger partial charge in [0, 0.05) is 13.7 Å². The first kappa shape index (κ1) is 31.5. The van der Waals surface area contributed by atoms with E-state index in [1.54, 1.807) is 7.11 Å². The van der Waals surface area contributed by atoms with E-state index in [-0.39, 0.29) is 6.10 Å². The Morgan fingerprint density at radius 2 is 1.27 bits per heavy atom. The number of aromatic nitrogens is 2. The number of aryl methyl sites for hydroxylation is 1. The first-order valence-corrected chi connectivity index (χ1v) is 15.0. The minimum absolute atomic E-state index is 0.0135. The Hall–Kier alpha value is -1.69. The van der Waals surface area contributed by atoms with Crippen molar-refractivity contribution < 1.29 is 18.8 Å². The predicted molar refractivity (Wildman–Crippen MR) is 153 cm³/mol. The Morgan fingerprint density at radius 1 is 0.730 bits per heavy atom. The number of hydrogen-bond acceptors (Lipinski definition) is 3. The van der Waals surface area contributed by atoms with Crippen molar-refractivity contribution >= 4 is 0 Å². The summed E-state index contributed by atoms with van der Waals surface area (Å²) in [7, 11) is 3.77. The zero-order valence-electron chi connectivity index (χ0n) is 24.2. The highest BCUT2D eigenvalue weighted by Crippen LogP contribution is 2.13. The van der Waals surface area contributed by atoms with Gasteiger partial charge in [-0.05, 0) is 17.5 Å². The number of unbranched alkanes of at least 4 members (excludes halogenated alkanes) is 13. The average molecular weight is 516 g/mol. The molecule has 0 aliphatic heterocycles. The van der Waals surface area contributed by atoms with Crippen LogP contribution in [0.4, 0.5) is 0 Å². The first-order valence-electron chi connectivity index (χ1n) is 15.0. The molecule has 0 aliphatic carbocycles. The minimum atomic E-state index is -0.0135. The van der Waals surface area contributed by atoms with E-state index in [2.05, 4.69) is 59.0 Å². The molecule has 0 aliphatic rings. The van der Waals surface area contributed by atoms with Crippen molar-refractivity contribution in [2.24, 2.45) is 7.05 Å². The van der Waals surface area contributed by atoms with E-state index in [1.165, 1.54) is 94.6 Å². The molecule has 0 amide bonds. The van der Waals surface area contributed by atoms with Gasteiger partial charge < -0.3 is 14.2 Å². The zero-order chi connectivity index (χ0) is 26.4. The second-order valence-corrected chi connectivity index (χ2v) is 10.6. The number of imidazole rings is 1. The van der Waals surface area contributed by atoms with E-state index in [9.17, 15) is 0 Å². The lowest BCUT2D eigenvalue weighted by Gasteiger charge is -2.16. The zero-order valence-corrected chi connectivity index (χ0v) is 24.2.